The van der Waals surface area contributed by atoms with Gasteiger partial charge in [-0.2, -0.15) is 0 Å². The minimum atomic E-state index is -0.768. The van der Waals surface area contributed by atoms with E-state index in [2.05, 4.69) is 13.2 Å². The summed E-state index contributed by atoms with van der Waals surface area (Å²) in [7, 11) is 0. The van der Waals surface area contributed by atoms with Gasteiger partial charge in [0.15, 0.2) is 11.5 Å². The number of hydrogen-bond acceptors (Lipinski definition) is 8. The topological polar surface area (TPSA) is 112 Å². The molecule has 2 unspecified atom stereocenters. The van der Waals surface area contributed by atoms with Gasteiger partial charge in [0.05, 0.1) is 12.2 Å². The lowest BCUT2D eigenvalue weighted by molar-refractivity contribution is -0.132. The van der Waals surface area contributed by atoms with Crippen LogP contribution >= 0.6 is 0 Å². The Labute approximate surface area is 261 Å². The maximum absolute atomic E-state index is 13.1. The van der Waals surface area contributed by atoms with Crippen molar-refractivity contribution >= 4 is 11.9 Å². The van der Waals surface area contributed by atoms with Gasteiger partial charge >= 0.3 is 11.9 Å². The molecule has 2 N–H and O–H groups in total. The van der Waals surface area contributed by atoms with Crippen molar-refractivity contribution in [3.63, 3.8) is 0 Å². The number of ether oxygens (including phenoxy) is 4. The van der Waals surface area contributed by atoms with Crippen molar-refractivity contribution in [2.45, 2.75) is 46.3 Å². The molecule has 0 spiro atoms. The number of hydrogen-bond donors (Lipinski definition) is 2. The number of carbonyl (C=O) groups is 2. The average molecular weight is 607 g/mol. The van der Waals surface area contributed by atoms with Crippen molar-refractivity contribution < 1.29 is 38.7 Å². The second-order valence-corrected chi connectivity index (χ2v) is 11.0. The van der Waals surface area contributed by atoms with Crippen LogP contribution in [0.1, 0.15) is 62.2 Å². The fraction of sp³-hybridized carbons (Fsp3) is 0.189. The van der Waals surface area contributed by atoms with Crippen LogP contribution < -0.4 is 18.9 Å². The van der Waals surface area contributed by atoms with Crippen LogP contribution in [0.5, 0.6) is 34.5 Å². The molecule has 0 radical (unpaired) electrons. The van der Waals surface area contributed by atoms with Crippen LogP contribution in [0.15, 0.2) is 97.1 Å². The van der Waals surface area contributed by atoms with Crippen LogP contribution in [0.25, 0.3) is 11.1 Å². The summed E-state index contributed by atoms with van der Waals surface area (Å²) in [6.45, 7) is 13.8. The molecule has 230 valence electrons. The molecule has 2 atom stereocenters. The minimum absolute atomic E-state index is 0.00919. The summed E-state index contributed by atoms with van der Waals surface area (Å²) >= 11 is 0. The zero-order chi connectivity index (χ0) is 32.4. The zero-order valence-corrected chi connectivity index (χ0v) is 25.5. The standard InChI is InChI=1S/C37H34O8/c1-20(2)36(40)44-33-31-29-10-8-7-9-26(29)19-30(31)32(42-27-15-11-24(12-16-27)22(5)38)34(35(33)45-37(41)21(3)4)43-28-17-13-25(14-18-28)23(6)39/h7-18,22-23,38-39H,1,3,19H2,2,4-6H3. The molecule has 0 aliphatic heterocycles. The number of rotatable bonds is 10. The van der Waals surface area contributed by atoms with Crippen molar-refractivity contribution in [2.24, 2.45) is 0 Å². The van der Waals surface area contributed by atoms with E-state index in [9.17, 15) is 19.8 Å². The first-order chi connectivity index (χ1) is 21.4. The Morgan fingerprint density at radius 2 is 1.13 bits per heavy atom. The first-order valence-electron chi connectivity index (χ1n) is 14.4. The average Bonchev–Trinajstić information content (AvgIpc) is 3.40. The molecular weight excluding hydrogens is 572 g/mol. The third kappa shape index (κ3) is 6.52. The molecular formula is C37H34O8. The molecule has 0 saturated heterocycles. The normalized spacial score (nSPS) is 12.8. The molecule has 1 aliphatic rings. The van der Waals surface area contributed by atoms with Crippen LogP contribution in [-0.4, -0.2) is 22.2 Å². The lowest BCUT2D eigenvalue weighted by Gasteiger charge is -2.23. The predicted octanol–water partition coefficient (Wildman–Crippen LogP) is 7.91. The van der Waals surface area contributed by atoms with Crippen molar-refractivity contribution in [3.05, 3.63) is 119 Å². The van der Waals surface area contributed by atoms with Gasteiger partial charge in [0.25, 0.3) is 0 Å². The van der Waals surface area contributed by atoms with Gasteiger partial charge in [0, 0.05) is 28.7 Å². The van der Waals surface area contributed by atoms with Crippen molar-refractivity contribution in [2.75, 3.05) is 0 Å². The van der Waals surface area contributed by atoms with Crippen LogP contribution in [0.2, 0.25) is 0 Å². The fourth-order valence-electron chi connectivity index (χ4n) is 4.88. The van der Waals surface area contributed by atoms with E-state index in [0.717, 1.165) is 11.1 Å². The van der Waals surface area contributed by atoms with Gasteiger partial charge in [-0.05, 0) is 74.2 Å². The third-order valence-corrected chi connectivity index (χ3v) is 7.33. The molecule has 0 aromatic heterocycles. The molecule has 45 heavy (non-hydrogen) atoms. The first-order valence-corrected chi connectivity index (χ1v) is 14.4. The number of carbonyl (C=O) groups excluding carboxylic acids is 2. The Bertz CT molecular complexity index is 1800. The molecule has 0 fully saturated rings. The highest BCUT2D eigenvalue weighted by atomic mass is 16.6. The molecule has 8 nitrogen and oxygen atoms in total. The Hall–Kier alpha value is -5.18. The monoisotopic (exact) mass is 606 g/mol. The second kappa shape index (κ2) is 12.8. The maximum Gasteiger partial charge on any atom is 0.338 e. The minimum Gasteiger partial charge on any atom is -0.453 e. The maximum atomic E-state index is 13.1. The SMILES string of the molecule is C=C(C)C(=O)Oc1c(Oc2ccc(C(C)O)cc2)c(Oc2ccc(C(C)O)cc2)c2c(c1OC(=O)C(=C)C)-c1ccccc1C2. The summed E-state index contributed by atoms with van der Waals surface area (Å²) in [6.07, 6.45) is -0.964. The van der Waals surface area contributed by atoms with E-state index >= 15 is 0 Å². The predicted molar refractivity (Wildman–Crippen MR) is 170 cm³/mol. The third-order valence-electron chi connectivity index (χ3n) is 7.33. The largest absolute Gasteiger partial charge is 0.453 e. The van der Waals surface area contributed by atoms with Gasteiger partial charge in [-0.25, -0.2) is 9.59 Å². The van der Waals surface area contributed by atoms with Crippen LogP contribution in [0.3, 0.4) is 0 Å². The Morgan fingerprint density at radius 3 is 1.62 bits per heavy atom. The van der Waals surface area contributed by atoms with E-state index in [-0.39, 0.29) is 34.1 Å². The van der Waals surface area contributed by atoms with E-state index < -0.39 is 24.1 Å². The molecule has 0 saturated carbocycles. The van der Waals surface area contributed by atoms with Gasteiger partial charge in [-0.1, -0.05) is 61.7 Å². The number of esters is 2. The summed E-state index contributed by atoms with van der Waals surface area (Å²) in [6, 6.07) is 21.3. The quantitative estimate of drug-likeness (QED) is 0.0937. The van der Waals surface area contributed by atoms with Crippen LogP contribution in [0.4, 0.5) is 0 Å². The molecule has 5 rings (SSSR count). The summed E-state index contributed by atoms with van der Waals surface area (Å²) in [5, 5.41) is 20.0. The Kier molecular flexibility index (Phi) is 8.90. The second-order valence-electron chi connectivity index (χ2n) is 11.0. The van der Waals surface area contributed by atoms with Gasteiger partial charge in [0.2, 0.25) is 11.5 Å². The molecule has 1 aliphatic carbocycles. The highest BCUT2D eigenvalue weighted by Gasteiger charge is 2.37. The van der Waals surface area contributed by atoms with Gasteiger partial charge in [-0.3, -0.25) is 0 Å². The van der Waals surface area contributed by atoms with E-state index in [4.69, 9.17) is 18.9 Å². The lowest BCUT2D eigenvalue weighted by Crippen LogP contribution is -2.15. The van der Waals surface area contributed by atoms with Crippen LogP contribution in [-0.2, 0) is 16.0 Å². The Morgan fingerprint density at radius 1 is 0.667 bits per heavy atom. The van der Waals surface area contributed by atoms with Gasteiger partial charge in [-0.15, -0.1) is 0 Å². The van der Waals surface area contributed by atoms with Crippen molar-refractivity contribution in [1.29, 1.82) is 0 Å². The smallest absolute Gasteiger partial charge is 0.338 e. The number of fused-ring (bicyclic) bond motifs is 3. The Balaban J connectivity index is 1.81. The molecule has 0 amide bonds. The first kappa shape index (κ1) is 31.3. The number of benzene rings is 4. The van der Waals surface area contributed by atoms with Crippen LogP contribution in [0, 0.1) is 0 Å². The summed E-state index contributed by atoms with van der Waals surface area (Å²) in [5.41, 5.74) is 4.48. The number of aliphatic hydroxyl groups excluding tert-OH is 2. The highest BCUT2D eigenvalue weighted by Crippen LogP contribution is 2.59. The van der Waals surface area contributed by atoms with E-state index in [0.29, 0.717) is 40.2 Å². The van der Waals surface area contributed by atoms with Gasteiger partial charge in [0.1, 0.15) is 11.5 Å². The summed E-state index contributed by atoms with van der Waals surface area (Å²) in [5.74, 6) is -0.688. The van der Waals surface area contributed by atoms with Crippen molar-refractivity contribution in [3.8, 4) is 45.6 Å². The van der Waals surface area contributed by atoms with Crippen molar-refractivity contribution in [1.82, 2.24) is 0 Å². The van der Waals surface area contributed by atoms with Gasteiger partial charge < -0.3 is 29.2 Å². The number of aliphatic hydroxyl groups is 2. The van der Waals surface area contributed by atoms with E-state index in [1.54, 1.807) is 62.4 Å². The zero-order valence-electron chi connectivity index (χ0n) is 25.5. The fourth-order valence-corrected chi connectivity index (χ4v) is 4.88. The molecule has 4 aromatic carbocycles. The molecule has 0 bridgehead atoms. The molecule has 4 aromatic rings. The lowest BCUT2D eigenvalue weighted by atomic mass is 10.0. The molecule has 0 heterocycles. The van der Waals surface area contributed by atoms with E-state index in [1.165, 1.54) is 13.8 Å². The summed E-state index contributed by atoms with van der Waals surface area (Å²) < 4.78 is 24.8. The highest BCUT2D eigenvalue weighted by molar-refractivity contribution is 5.97. The summed E-state index contributed by atoms with van der Waals surface area (Å²) in [4.78, 5) is 26.1. The molecule has 8 heteroatoms. The van der Waals surface area contributed by atoms with E-state index in [1.807, 2.05) is 24.3 Å².